The first-order valence-corrected chi connectivity index (χ1v) is 12.3. The molecule has 0 aliphatic heterocycles. The third kappa shape index (κ3) is 5.42. The lowest BCUT2D eigenvalue weighted by Crippen LogP contribution is -2.31. The van der Waals surface area contributed by atoms with Crippen molar-refractivity contribution in [2.45, 2.75) is 41.5 Å². The summed E-state index contributed by atoms with van der Waals surface area (Å²) in [5, 5.41) is 45.7. The molecule has 0 bridgehead atoms. The van der Waals surface area contributed by atoms with Gasteiger partial charge in [0.25, 0.3) is 0 Å². The molecule has 0 spiro atoms. The lowest BCUT2D eigenvalue weighted by Gasteiger charge is -2.30. The van der Waals surface area contributed by atoms with Crippen LogP contribution >= 0.6 is 0 Å². The highest BCUT2D eigenvalue weighted by Gasteiger charge is 2.42. The second-order valence-corrected chi connectivity index (χ2v) is 10.6. The van der Waals surface area contributed by atoms with E-state index in [0.29, 0.717) is 48.8 Å². The smallest absolute Gasteiger partial charge is 0.202 e. The van der Waals surface area contributed by atoms with Crippen molar-refractivity contribution in [1.82, 2.24) is 5.32 Å². The van der Waals surface area contributed by atoms with Crippen LogP contribution in [0.5, 0.6) is 11.5 Å². The number of aliphatic hydroxyl groups excluding tert-OH is 2. The number of carbonyl (C=O) groups is 2. The predicted molar refractivity (Wildman–Crippen MR) is 140 cm³/mol. The molecule has 0 saturated carbocycles. The summed E-state index contributed by atoms with van der Waals surface area (Å²) >= 11 is 0. The summed E-state index contributed by atoms with van der Waals surface area (Å²) in [4.78, 5) is 27.8. The standard InChI is InChI=1S/C28H36N2O6/c1-14(2)11-29-17-7-19(31)23(20(32)8-17)25-27(35)26(28(25)36)24-21(33)9-18(10-22(24)34)30(12-15(3)4)13-16(5)6/h7-10,14-16,29,31,33-35H,11-13H2,1-6H3. The molecule has 1 aromatic carbocycles. The summed E-state index contributed by atoms with van der Waals surface area (Å²) < 4.78 is 0. The van der Waals surface area contributed by atoms with Gasteiger partial charge in [-0.05, 0) is 17.8 Å². The second kappa shape index (κ2) is 10.5. The number of nitrogens with one attached hydrogen (secondary N) is 1. The van der Waals surface area contributed by atoms with Crippen LogP contribution in [0.2, 0.25) is 0 Å². The van der Waals surface area contributed by atoms with Gasteiger partial charge in [0.05, 0.1) is 22.3 Å². The third-order valence-electron chi connectivity index (χ3n) is 5.84. The first kappa shape index (κ1) is 26.9. The number of rotatable bonds is 9. The highest BCUT2D eigenvalue weighted by atomic mass is 16.3. The molecule has 1 aromatic rings. The number of Topliss-reactive ketones (excluding diaryl/α,β-unsaturated/α-hetero) is 1. The van der Waals surface area contributed by atoms with Crippen molar-refractivity contribution in [3.8, 4) is 11.5 Å². The maximum atomic E-state index is 13.0. The summed E-state index contributed by atoms with van der Waals surface area (Å²) in [6.07, 6.45) is 2.58. The van der Waals surface area contributed by atoms with E-state index in [1.54, 1.807) is 0 Å². The Morgan fingerprint density at radius 2 is 1.33 bits per heavy atom. The van der Waals surface area contributed by atoms with Gasteiger partial charge < -0.3 is 30.6 Å². The Bertz CT molecular complexity index is 1170. The highest BCUT2D eigenvalue weighted by molar-refractivity contribution is 6.42. The molecule has 0 radical (unpaired) electrons. The largest absolute Gasteiger partial charge is 0.507 e. The van der Waals surface area contributed by atoms with Gasteiger partial charge in [0.2, 0.25) is 5.78 Å². The van der Waals surface area contributed by atoms with Crippen LogP contribution in [-0.2, 0) is 9.59 Å². The highest BCUT2D eigenvalue weighted by Crippen LogP contribution is 2.47. The van der Waals surface area contributed by atoms with Crippen molar-refractivity contribution in [3.05, 3.63) is 58.2 Å². The van der Waals surface area contributed by atoms with Crippen molar-refractivity contribution in [2.75, 3.05) is 24.5 Å². The molecule has 5 N–H and O–H groups in total. The molecule has 2 aliphatic rings. The number of carbonyl (C=O) groups excluding carboxylic acids is 2. The van der Waals surface area contributed by atoms with Crippen LogP contribution in [0.15, 0.2) is 52.6 Å². The van der Waals surface area contributed by atoms with E-state index in [1.165, 1.54) is 24.3 Å². The molecule has 0 saturated heterocycles. The van der Waals surface area contributed by atoms with Gasteiger partial charge in [-0.2, -0.15) is 0 Å². The SMILES string of the molecule is CC(C)CNC1=CC(=O)C(=C2C(=O)C(c3c(O)cc(N(CC(C)C)CC(C)C)cc3O)=C2O)C(O)=C1. The number of anilines is 1. The number of phenols is 2. The molecule has 0 fully saturated rings. The van der Waals surface area contributed by atoms with Crippen molar-refractivity contribution in [2.24, 2.45) is 17.8 Å². The van der Waals surface area contributed by atoms with E-state index in [0.717, 1.165) is 0 Å². The van der Waals surface area contributed by atoms with Crippen LogP contribution in [0, 0.1) is 17.8 Å². The minimum absolute atomic E-state index is 0.207. The Balaban J connectivity index is 1.99. The van der Waals surface area contributed by atoms with E-state index in [-0.39, 0.29) is 33.8 Å². The van der Waals surface area contributed by atoms with Crippen LogP contribution in [0.25, 0.3) is 5.57 Å². The predicted octanol–water partition coefficient (Wildman–Crippen LogP) is 4.52. The van der Waals surface area contributed by atoms with E-state index in [9.17, 15) is 30.0 Å². The third-order valence-corrected chi connectivity index (χ3v) is 5.84. The van der Waals surface area contributed by atoms with E-state index >= 15 is 0 Å². The fourth-order valence-electron chi connectivity index (χ4n) is 4.35. The first-order valence-electron chi connectivity index (χ1n) is 12.3. The molecule has 0 unspecified atom stereocenters. The minimum Gasteiger partial charge on any atom is -0.507 e. The summed E-state index contributed by atoms with van der Waals surface area (Å²) in [6, 6.07) is 2.91. The molecule has 194 valence electrons. The van der Waals surface area contributed by atoms with Crippen LogP contribution in [0.4, 0.5) is 5.69 Å². The number of hydrogen-bond acceptors (Lipinski definition) is 8. The van der Waals surface area contributed by atoms with Gasteiger partial charge in [0.1, 0.15) is 23.0 Å². The number of phenolic OH excluding ortho intramolecular Hbond substituents is 2. The van der Waals surface area contributed by atoms with Crippen LogP contribution in [-0.4, -0.2) is 51.6 Å². The average molecular weight is 497 g/mol. The maximum absolute atomic E-state index is 13.0. The summed E-state index contributed by atoms with van der Waals surface area (Å²) in [6.45, 7) is 14.3. The number of benzene rings is 1. The summed E-state index contributed by atoms with van der Waals surface area (Å²) in [7, 11) is 0. The molecular formula is C28H36N2O6. The van der Waals surface area contributed by atoms with Gasteiger partial charge in [0.15, 0.2) is 5.78 Å². The molecule has 0 amide bonds. The summed E-state index contributed by atoms with van der Waals surface area (Å²) in [5.41, 5.74) is -0.160. The van der Waals surface area contributed by atoms with E-state index in [1.807, 2.05) is 18.7 Å². The number of aliphatic hydroxyl groups is 2. The van der Waals surface area contributed by atoms with Crippen LogP contribution in [0.3, 0.4) is 0 Å². The van der Waals surface area contributed by atoms with Crippen molar-refractivity contribution < 1.29 is 30.0 Å². The molecule has 0 atom stereocenters. The first-order chi connectivity index (χ1) is 16.8. The fourth-order valence-corrected chi connectivity index (χ4v) is 4.35. The number of allylic oxidation sites excluding steroid dienone is 5. The number of nitrogens with zero attached hydrogens (tertiary/aromatic N) is 1. The molecule has 3 rings (SSSR count). The zero-order valence-corrected chi connectivity index (χ0v) is 21.7. The number of ketones is 2. The van der Waals surface area contributed by atoms with Crippen LogP contribution in [0.1, 0.15) is 47.1 Å². The van der Waals surface area contributed by atoms with Crippen molar-refractivity contribution >= 4 is 22.8 Å². The Morgan fingerprint density at radius 1 is 0.778 bits per heavy atom. The summed E-state index contributed by atoms with van der Waals surface area (Å²) in [5.74, 6) is -2.11. The quantitative estimate of drug-likeness (QED) is 0.316. The van der Waals surface area contributed by atoms with Gasteiger partial charge in [-0.15, -0.1) is 0 Å². The van der Waals surface area contributed by atoms with Gasteiger partial charge in [-0.1, -0.05) is 41.5 Å². The van der Waals surface area contributed by atoms with Gasteiger partial charge in [-0.25, -0.2) is 0 Å². The van der Waals surface area contributed by atoms with Crippen molar-refractivity contribution in [3.63, 3.8) is 0 Å². The molecule has 0 heterocycles. The molecule has 0 aromatic heterocycles. The van der Waals surface area contributed by atoms with E-state index in [2.05, 4.69) is 33.0 Å². The van der Waals surface area contributed by atoms with E-state index < -0.39 is 23.1 Å². The lowest BCUT2D eigenvalue weighted by molar-refractivity contribution is -0.114. The Morgan fingerprint density at radius 3 is 1.78 bits per heavy atom. The Labute approximate surface area is 211 Å². The van der Waals surface area contributed by atoms with Crippen molar-refractivity contribution in [1.29, 1.82) is 0 Å². The maximum Gasteiger partial charge on any atom is 0.202 e. The minimum atomic E-state index is -0.748. The number of aromatic hydroxyl groups is 2. The molecule has 2 aliphatic carbocycles. The fraction of sp³-hybridized carbons (Fsp3) is 0.429. The Hall–Kier alpha value is -3.68. The van der Waals surface area contributed by atoms with Gasteiger partial charge >= 0.3 is 0 Å². The normalized spacial score (nSPS) is 18.1. The van der Waals surface area contributed by atoms with Gasteiger partial charge in [-0.3, -0.25) is 9.59 Å². The van der Waals surface area contributed by atoms with E-state index in [4.69, 9.17) is 0 Å². The van der Waals surface area contributed by atoms with Gasteiger partial charge in [0, 0.05) is 55.3 Å². The zero-order chi connectivity index (χ0) is 26.9. The second-order valence-electron chi connectivity index (χ2n) is 10.6. The Kier molecular flexibility index (Phi) is 7.86. The molecule has 8 nitrogen and oxygen atoms in total. The average Bonchev–Trinajstić information content (AvgIpc) is 2.75. The zero-order valence-electron chi connectivity index (χ0n) is 21.7. The molecule has 8 heteroatoms. The topological polar surface area (TPSA) is 130 Å². The molecular weight excluding hydrogens is 460 g/mol. The molecule has 36 heavy (non-hydrogen) atoms. The monoisotopic (exact) mass is 496 g/mol. The number of hydrogen-bond donors (Lipinski definition) is 5. The lowest BCUT2D eigenvalue weighted by atomic mass is 9.78. The van der Waals surface area contributed by atoms with Crippen LogP contribution < -0.4 is 10.2 Å².